The van der Waals surface area contributed by atoms with Crippen molar-refractivity contribution in [2.24, 2.45) is 5.92 Å². The van der Waals surface area contributed by atoms with Crippen LogP contribution in [0.1, 0.15) is 25.7 Å². The molecule has 0 bridgehead atoms. The molecule has 106 valence electrons. The Hall–Kier alpha value is -1.66. The van der Waals surface area contributed by atoms with Gasteiger partial charge in [-0.3, -0.25) is 4.79 Å². The number of carboxylic acids is 1. The Morgan fingerprint density at radius 3 is 2.70 bits per heavy atom. The van der Waals surface area contributed by atoms with Crippen LogP contribution in [0.3, 0.4) is 0 Å². The summed E-state index contributed by atoms with van der Waals surface area (Å²) in [5.74, 6) is -1.56. The van der Waals surface area contributed by atoms with Gasteiger partial charge in [0, 0.05) is 12.1 Å². The summed E-state index contributed by atoms with van der Waals surface area (Å²) in [5, 5.41) is 13.4. The number of carboxylic acid groups (broad SMARTS) is 1. The molecular weight excluding hydrogens is 305 g/mol. The molecule has 0 radical (unpaired) electrons. The molecule has 0 spiro atoms. The zero-order chi connectivity index (χ0) is 14.9. The number of carbonyl (C=O) groups is 1. The maximum Gasteiger partial charge on any atom is 0.307 e. The van der Waals surface area contributed by atoms with Gasteiger partial charge in [-0.2, -0.15) is 4.98 Å². The summed E-state index contributed by atoms with van der Waals surface area (Å²) in [6, 6.07) is 1.52. The first kappa shape index (κ1) is 14.7. The Morgan fingerprint density at radius 1 is 1.40 bits per heavy atom. The summed E-state index contributed by atoms with van der Waals surface area (Å²) < 4.78 is 5.08. The quantitative estimate of drug-likeness (QED) is 0.931. The van der Waals surface area contributed by atoms with Crippen molar-refractivity contribution >= 4 is 29.2 Å². The van der Waals surface area contributed by atoms with E-state index in [1.54, 1.807) is 13.8 Å². The highest BCUT2D eigenvalue weighted by molar-refractivity contribution is 6.35. The van der Waals surface area contributed by atoms with Crippen LogP contribution in [0.5, 0.6) is 0 Å². The van der Waals surface area contributed by atoms with Crippen molar-refractivity contribution in [1.82, 2.24) is 15.1 Å². The molecule has 6 nitrogen and oxygen atoms in total. The summed E-state index contributed by atoms with van der Waals surface area (Å²) >= 11 is 11.8. The fourth-order valence-corrected chi connectivity index (χ4v) is 1.99. The van der Waals surface area contributed by atoms with Crippen LogP contribution in [0.15, 0.2) is 16.8 Å². The van der Waals surface area contributed by atoms with Gasteiger partial charge in [0.05, 0.1) is 16.0 Å². The first-order valence-electron chi connectivity index (χ1n) is 5.78. The molecule has 2 aromatic heterocycles. The number of hydrogen-bond donors (Lipinski definition) is 1. The second-order valence-corrected chi connectivity index (χ2v) is 5.20. The fourth-order valence-electron chi connectivity index (χ4n) is 1.52. The molecule has 0 saturated heterocycles. The fraction of sp³-hybridized carbons (Fsp3) is 0.333. The zero-order valence-electron chi connectivity index (χ0n) is 10.7. The van der Waals surface area contributed by atoms with E-state index in [0.717, 1.165) is 0 Å². The van der Waals surface area contributed by atoms with E-state index in [-0.39, 0.29) is 11.7 Å². The topological polar surface area (TPSA) is 89.1 Å². The number of rotatable bonds is 4. The van der Waals surface area contributed by atoms with Gasteiger partial charge in [0.15, 0.2) is 0 Å². The van der Waals surface area contributed by atoms with Crippen LogP contribution < -0.4 is 0 Å². The second kappa shape index (κ2) is 5.76. The van der Waals surface area contributed by atoms with Crippen molar-refractivity contribution in [3.63, 3.8) is 0 Å². The Bertz CT molecular complexity index is 645. The van der Waals surface area contributed by atoms with Crippen molar-refractivity contribution < 1.29 is 14.4 Å². The van der Waals surface area contributed by atoms with Crippen LogP contribution in [-0.4, -0.2) is 26.2 Å². The van der Waals surface area contributed by atoms with Gasteiger partial charge in [-0.25, -0.2) is 4.98 Å². The maximum atomic E-state index is 10.9. The minimum Gasteiger partial charge on any atom is -0.481 e. The number of hydrogen-bond acceptors (Lipinski definition) is 5. The Kier molecular flexibility index (Phi) is 4.25. The third-order valence-corrected chi connectivity index (χ3v) is 3.49. The molecule has 2 unspecified atom stereocenters. The highest BCUT2D eigenvalue weighted by atomic mass is 35.5. The minimum atomic E-state index is -0.931. The molecule has 0 fully saturated rings. The van der Waals surface area contributed by atoms with Gasteiger partial charge in [0.25, 0.3) is 0 Å². The van der Waals surface area contributed by atoms with Gasteiger partial charge in [0.1, 0.15) is 5.69 Å². The average molecular weight is 316 g/mol. The van der Waals surface area contributed by atoms with Gasteiger partial charge in [-0.15, -0.1) is 0 Å². The molecule has 0 aliphatic heterocycles. The van der Waals surface area contributed by atoms with E-state index in [4.69, 9.17) is 32.8 Å². The summed E-state index contributed by atoms with van der Waals surface area (Å²) in [6.07, 6.45) is 1.42. The third kappa shape index (κ3) is 2.91. The molecule has 2 atom stereocenters. The van der Waals surface area contributed by atoms with Crippen molar-refractivity contribution in [3.05, 3.63) is 28.2 Å². The highest BCUT2D eigenvalue weighted by Crippen LogP contribution is 2.28. The van der Waals surface area contributed by atoms with Gasteiger partial charge in [0.2, 0.25) is 11.7 Å². The van der Waals surface area contributed by atoms with Crippen molar-refractivity contribution in [2.45, 2.75) is 19.8 Å². The van der Waals surface area contributed by atoms with E-state index in [2.05, 4.69) is 15.1 Å². The molecule has 2 aromatic rings. The van der Waals surface area contributed by atoms with Gasteiger partial charge in [-0.1, -0.05) is 42.2 Å². The molecule has 20 heavy (non-hydrogen) atoms. The molecular formula is C12H11Cl2N3O3. The minimum absolute atomic E-state index is 0.200. The average Bonchev–Trinajstić information content (AvgIpc) is 2.86. The lowest BCUT2D eigenvalue weighted by Gasteiger charge is -2.10. The van der Waals surface area contributed by atoms with Crippen molar-refractivity contribution in [2.75, 3.05) is 0 Å². The number of halogens is 2. The number of aliphatic carboxylic acids is 1. The van der Waals surface area contributed by atoms with Crippen molar-refractivity contribution in [1.29, 1.82) is 0 Å². The molecule has 0 aromatic carbocycles. The van der Waals surface area contributed by atoms with E-state index in [9.17, 15) is 4.79 Å². The first-order valence-corrected chi connectivity index (χ1v) is 6.53. The smallest absolute Gasteiger partial charge is 0.307 e. The second-order valence-electron chi connectivity index (χ2n) is 4.36. The molecule has 0 aliphatic carbocycles. The largest absolute Gasteiger partial charge is 0.481 e. The van der Waals surface area contributed by atoms with Gasteiger partial charge >= 0.3 is 5.97 Å². The van der Waals surface area contributed by atoms with Crippen LogP contribution in [0.25, 0.3) is 11.5 Å². The Morgan fingerprint density at radius 2 is 2.10 bits per heavy atom. The highest BCUT2D eigenvalue weighted by Gasteiger charge is 2.26. The standard InChI is InChI=1S/C12H11Cl2N3O3/c1-5(6(2)12(18)19)11-16-10(17-20-11)9-8(14)3-7(13)4-15-9/h3-6H,1-2H3,(H,18,19). The molecule has 0 aliphatic rings. The normalized spacial score (nSPS) is 14.0. The van der Waals surface area contributed by atoms with E-state index < -0.39 is 17.8 Å². The molecule has 0 saturated carbocycles. The van der Waals surface area contributed by atoms with Gasteiger partial charge in [-0.05, 0) is 6.07 Å². The third-order valence-electron chi connectivity index (χ3n) is 2.99. The van der Waals surface area contributed by atoms with Crippen LogP contribution in [0, 0.1) is 5.92 Å². The monoisotopic (exact) mass is 315 g/mol. The van der Waals surface area contributed by atoms with E-state index in [0.29, 0.717) is 15.7 Å². The molecule has 8 heteroatoms. The van der Waals surface area contributed by atoms with E-state index >= 15 is 0 Å². The number of nitrogens with zero attached hydrogens (tertiary/aromatic N) is 3. The Balaban J connectivity index is 2.31. The number of aromatic nitrogens is 3. The molecule has 2 rings (SSSR count). The maximum absolute atomic E-state index is 10.9. The molecule has 2 heterocycles. The van der Waals surface area contributed by atoms with Crippen molar-refractivity contribution in [3.8, 4) is 11.5 Å². The summed E-state index contributed by atoms with van der Waals surface area (Å²) in [7, 11) is 0. The van der Waals surface area contributed by atoms with Crippen LogP contribution >= 0.6 is 23.2 Å². The Labute approximate surface area is 124 Å². The SMILES string of the molecule is CC(C(=O)O)C(C)c1nc(-c2ncc(Cl)cc2Cl)no1. The number of pyridine rings is 1. The van der Waals surface area contributed by atoms with Crippen LogP contribution in [0.2, 0.25) is 10.0 Å². The molecule has 0 amide bonds. The van der Waals surface area contributed by atoms with Crippen LogP contribution in [0.4, 0.5) is 0 Å². The lowest BCUT2D eigenvalue weighted by atomic mass is 9.96. The van der Waals surface area contributed by atoms with E-state index in [1.807, 2.05) is 0 Å². The molecule has 1 N–H and O–H groups in total. The predicted molar refractivity (Wildman–Crippen MR) is 72.8 cm³/mol. The zero-order valence-corrected chi connectivity index (χ0v) is 12.2. The van der Waals surface area contributed by atoms with E-state index in [1.165, 1.54) is 12.3 Å². The predicted octanol–water partition coefficient (Wildman–Crippen LogP) is 3.26. The van der Waals surface area contributed by atoms with Crippen LogP contribution in [-0.2, 0) is 4.79 Å². The summed E-state index contributed by atoms with van der Waals surface area (Å²) in [6.45, 7) is 3.28. The first-order chi connectivity index (χ1) is 9.40. The lowest BCUT2D eigenvalue weighted by Crippen LogP contribution is -2.16. The lowest BCUT2D eigenvalue weighted by molar-refractivity contribution is -0.141. The van der Waals surface area contributed by atoms with Gasteiger partial charge < -0.3 is 9.63 Å². The summed E-state index contributed by atoms with van der Waals surface area (Å²) in [5.41, 5.74) is 0.334. The summed E-state index contributed by atoms with van der Waals surface area (Å²) in [4.78, 5) is 19.1.